The van der Waals surface area contributed by atoms with Crippen molar-refractivity contribution in [1.29, 1.82) is 0 Å². The number of halogens is 1. The Morgan fingerprint density at radius 2 is 1.45 bits per heavy atom. The summed E-state index contributed by atoms with van der Waals surface area (Å²) in [7, 11) is 0. The van der Waals surface area contributed by atoms with Gasteiger partial charge in [-0.1, -0.05) is 96.0 Å². The quantitative estimate of drug-likeness (QED) is 0.189. The van der Waals surface area contributed by atoms with Crippen molar-refractivity contribution in [2.45, 2.75) is 24.2 Å². The molecular weight excluding hydrogens is 640 g/mol. The molecule has 0 radical (unpaired) electrons. The molecule has 8 rings (SSSR count). The number of fused-ring (bicyclic) bond motifs is 4. The summed E-state index contributed by atoms with van der Waals surface area (Å²) in [6, 6.07) is 32.4. The molecule has 3 fully saturated rings. The fraction of sp³-hybridized carbons (Fsp3) is 0.250. The highest BCUT2D eigenvalue weighted by Crippen LogP contribution is 2.65. The van der Waals surface area contributed by atoms with Gasteiger partial charge in [-0.15, -0.1) is 0 Å². The first-order valence-corrected chi connectivity index (χ1v) is 16.9. The SMILES string of the molecule is O=C1C2CC=C3C(CC4C(=O)N(c5cccc(Cl)c5)C(=O)C4(c4ccccc4)C3c3ccccc3OCCO)C2C(=O)N1c1ccccc1. The molecule has 0 spiro atoms. The van der Waals surface area contributed by atoms with Crippen LogP contribution in [0.15, 0.2) is 121 Å². The minimum Gasteiger partial charge on any atom is -0.491 e. The number of benzene rings is 4. The molecule has 1 saturated carbocycles. The van der Waals surface area contributed by atoms with Crippen molar-refractivity contribution < 1.29 is 29.0 Å². The Balaban J connectivity index is 1.37. The molecule has 2 saturated heterocycles. The Hall–Kier alpha value is -5.05. The lowest BCUT2D eigenvalue weighted by Crippen LogP contribution is -2.53. The molecule has 9 heteroatoms. The standard InChI is InChI=1S/C40H33ClN2O6/c41-25-12-9-15-27(22-25)43-37(46)32-23-31-28(18-19-30-34(31)38(47)42(36(30)45)26-13-5-2-6-14-26)35(29-16-7-8-17-33(29)49-21-20-44)40(32,39(43)48)24-10-3-1-4-11-24/h1-18,22,30-32,34-35,44H,19-21,23H2. The Labute approximate surface area is 288 Å². The molecule has 1 N–H and O–H groups in total. The van der Waals surface area contributed by atoms with Gasteiger partial charge in [0, 0.05) is 16.5 Å². The number of carbonyl (C=O) groups is 4. The summed E-state index contributed by atoms with van der Waals surface area (Å²) in [6.45, 7) is -0.189. The second kappa shape index (κ2) is 12.1. The van der Waals surface area contributed by atoms with Crippen molar-refractivity contribution in [2.75, 3.05) is 23.0 Å². The summed E-state index contributed by atoms with van der Waals surface area (Å²) in [4.78, 5) is 61.2. The average molecular weight is 673 g/mol. The molecule has 2 heterocycles. The molecular formula is C40H33ClN2O6. The maximum atomic E-state index is 15.4. The molecule has 2 aliphatic heterocycles. The lowest BCUT2D eigenvalue weighted by molar-refractivity contribution is -0.127. The molecule has 4 aliphatic rings. The van der Waals surface area contributed by atoms with Crippen LogP contribution in [-0.4, -0.2) is 41.9 Å². The number of hydrogen-bond donors (Lipinski definition) is 1. The first-order chi connectivity index (χ1) is 23.9. The van der Waals surface area contributed by atoms with Crippen LogP contribution in [-0.2, 0) is 24.6 Å². The molecule has 4 amide bonds. The predicted octanol–water partition coefficient (Wildman–Crippen LogP) is 6.08. The van der Waals surface area contributed by atoms with E-state index in [9.17, 15) is 19.5 Å². The summed E-state index contributed by atoms with van der Waals surface area (Å²) < 4.78 is 6.10. The van der Waals surface area contributed by atoms with Gasteiger partial charge in [0.2, 0.25) is 23.6 Å². The number of hydrogen-bond acceptors (Lipinski definition) is 6. The number of imide groups is 2. The van der Waals surface area contributed by atoms with Gasteiger partial charge in [-0.25, -0.2) is 4.90 Å². The van der Waals surface area contributed by atoms with Crippen LogP contribution in [0.2, 0.25) is 5.02 Å². The fourth-order valence-electron chi connectivity index (χ4n) is 8.93. The number of amides is 4. The number of rotatable bonds is 7. The maximum Gasteiger partial charge on any atom is 0.246 e. The van der Waals surface area contributed by atoms with Crippen LogP contribution in [0.25, 0.3) is 0 Å². The number of nitrogens with zero attached hydrogens (tertiary/aromatic N) is 2. The zero-order chi connectivity index (χ0) is 33.9. The minimum atomic E-state index is -1.42. The van der Waals surface area contributed by atoms with Crippen LogP contribution < -0.4 is 14.5 Å². The molecule has 6 unspecified atom stereocenters. The smallest absolute Gasteiger partial charge is 0.246 e. The van der Waals surface area contributed by atoms with Gasteiger partial charge in [0.1, 0.15) is 12.4 Å². The number of anilines is 2. The maximum absolute atomic E-state index is 15.4. The van der Waals surface area contributed by atoms with Crippen molar-refractivity contribution in [1.82, 2.24) is 0 Å². The average Bonchev–Trinajstić information content (AvgIpc) is 3.52. The fourth-order valence-corrected chi connectivity index (χ4v) is 9.11. The second-order valence-corrected chi connectivity index (χ2v) is 13.5. The second-order valence-electron chi connectivity index (χ2n) is 13.1. The van der Waals surface area contributed by atoms with Crippen LogP contribution in [0.1, 0.15) is 29.9 Å². The van der Waals surface area contributed by atoms with E-state index in [4.69, 9.17) is 16.3 Å². The summed E-state index contributed by atoms with van der Waals surface area (Å²) in [5, 5.41) is 10.1. The van der Waals surface area contributed by atoms with Crippen molar-refractivity contribution in [3.63, 3.8) is 0 Å². The van der Waals surface area contributed by atoms with Gasteiger partial charge in [0.05, 0.1) is 41.2 Å². The van der Waals surface area contributed by atoms with Gasteiger partial charge in [-0.3, -0.25) is 24.1 Å². The minimum absolute atomic E-state index is 0.0270. The number of para-hydroxylation sites is 2. The number of allylic oxidation sites excluding steroid dienone is 2. The number of aliphatic hydroxyl groups excluding tert-OH is 1. The highest BCUT2D eigenvalue weighted by molar-refractivity contribution is 6.32. The lowest BCUT2D eigenvalue weighted by atomic mass is 9.49. The Morgan fingerprint density at radius 1 is 0.755 bits per heavy atom. The highest BCUT2D eigenvalue weighted by Gasteiger charge is 2.70. The Morgan fingerprint density at radius 3 is 2.18 bits per heavy atom. The van der Waals surface area contributed by atoms with E-state index in [-0.39, 0.29) is 43.3 Å². The normalized spacial score (nSPS) is 27.5. The van der Waals surface area contributed by atoms with Gasteiger partial charge in [-0.05, 0) is 60.7 Å². The molecule has 2 aliphatic carbocycles. The molecule has 49 heavy (non-hydrogen) atoms. The van der Waals surface area contributed by atoms with Gasteiger partial charge in [0.25, 0.3) is 0 Å². The third kappa shape index (κ3) is 4.61. The number of carbonyl (C=O) groups excluding carboxylic acids is 4. The van der Waals surface area contributed by atoms with E-state index in [1.807, 2.05) is 60.7 Å². The zero-order valence-electron chi connectivity index (χ0n) is 26.4. The summed E-state index contributed by atoms with van der Waals surface area (Å²) in [5.41, 5.74) is 1.65. The van der Waals surface area contributed by atoms with Gasteiger partial charge < -0.3 is 9.84 Å². The largest absolute Gasteiger partial charge is 0.491 e. The van der Waals surface area contributed by atoms with E-state index in [0.29, 0.717) is 39.7 Å². The van der Waals surface area contributed by atoms with E-state index in [0.717, 1.165) is 5.57 Å². The third-order valence-electron chi connectivity index (χ3n) is 10.8. The third-order valence-corrected chi connectivity index (χ3v) is 11.0. The monoisotopic (exact) mass is 672 g/mol. The predicted molar refractivity (Wildman–Crippen MR) is 184 cm³/mol. The number of aliphatic hydroxyl groups is 1. The van der Waals surface area contributed by atoms with E-state index < -0.39 is 35.0 Å². The Kier molecular flexibility index (Phi) is 7.73. The van der Waals surface area contributed by atoms with E-state index in [1.165, 1.54) is 9.80 Å². The molecule has 4 aromatic carbocycles. The van der Waals surface area contributed by atoms with Crippen molar-refractivity contribution >= 4 is 46.6 Å². The van der Waals surface area contributed by atoms with E-state index in [1.54, 1.807) is 54.6 Å². The van der Waals surface area contributed by atoms with E-state index >= 15 is 4.79 Å². The molecule has 0 aromatic heterocycles. The van der Waals surface area contributed by atoms with Crippen LogP contribution in [0, 0.1) is 23.7 Å². The van der Waals surface area contributed by atoms with Crippen molar-refractivity contribution in [3.8, 4) is 5.75 Å². The molecule has 4 aromatic rings. The molecule has 0 bridgehead atoms. The van der Waals surface area contributed by atoms with Crippen molar-refractivity contribution in [2.24, 2.45) is 23.7 Å². The zero-order valence-corrected chi connectivity index (χ0v) is 27.2. The van der Waals surface area contributed by atoms with Gasteiger partial charge >= 0.3 is 0 Å². The summed E-state index contributed by atoms with van der Waals surface area (Å²) >= 11 is 6.40. The van der Waals surface area contributed by atoms with Crippen LogP contribution in [0.5, 0.6) is 5.75 Å². The van der Waals surface area contributed by atoms with Crippen LogP contribution in [0.3, 0.4) is 0 Å². The topological polar surface area (TPSA) is 104 Å². The van der Waals surface area contributed by atoms with Crippen LogP contribution in [0.4, 0.5) is 11.4 Å². The lowest BCUT2D eigenvalue weighted by Gasteiger charge is -2.51. The van der Waals surface area contributed by atoms with E-state index in [2.05, 4.69) is 0 Å². The highest BCUT2D eigenvalue weighted by atomic mass is 35.5. The van der Waals surface area contributed by atoms with Gasteiger partial charge in [-0.2, -0.15) is 0 Å². The summed E-state index contributed by atoms with van der Waals surface area (Å²) in [5.74, 6) is -4.27. The first kappa shape index (κ1) is 31.2. The molecule has 6 atom stereocenters. The summed E-state index contributed by atoms with van der Waals surface area (Å²) in [6.07, 6.45) is 2.54. The first-order valence-electron chi connectivity index (χ1n) is 16.5. The van der Waals surface area contributed by atoms with Gasteiger partial charge in [0.15, 0.2) is 0 Å². The molecule has 8 nitrogen and oxygen atoms in total. The number of ether oxygens (including phenoxy) is 1. The molecule has 246 valence electrons. The Bertz CT molecular complexity index is 2020. The van der Waals surface area contributed by atoms with Crippen LogP contribution >= 0.6 is 11.6 Å². The van der Waals surface area contributed by atoms with Crippen molar-refractivity contribution in [3.05, 3.63) is 137 Å².